The van der Waals surface area contributed by atoms with Crippen molar-refractivity contribution < 1.29 is 0 Å². The van der Waals surface area contributed by atoms with Gasteiger partial charge in [0.15, 0.2) is 0 Å². The highest BCUT2D eigenvalue weighted by atomic mass is 15.1. The van der Waals surface area contributed by atoms with Crippen molar-refractivity contribution in [2.24, 2.45) is 0 Å². The molecule has 1 aromatic carbocycles. The lowest BCUT2D eigenvalue weighted by Crippen LogP contribution is -2.19. The third kappa shape index (κ3) is 2.62. The average molecular weight is 241 g/mol. The van der Waals surface area contributed by atoms with Crippen LogP contribution in [-0.2, 0) is 13.1 Å². The molecule has 94 valence electrons. The summed E-state index contributed by atoms with van der Waals surface area (Å²) in [6, 6.07) is 9.26. The fourth-order valence-electron chi connectivity index (χ4n) is 2.15. The number of imidazole rings is 1. The summed E-state index contributed by atoms with van der Waals surface area (Å²) in [6.45, 7) is 3.95. The van der Waals surface area contributed by atoms with Gasteiger partial charge in [0.25, 0.3) is 0 Å². The van der Waals surface area contributed by atoms with E-state index in [0.717, 1.165) is 25.0 Å². The molecule has 18 heavy (non-hydrogen) atoms. The molecule has 3 heteroatoms. The molecule has 1 aliphatic carbocycles. The van der Waals surface area contributed by atoms with Crippen molar-refractivity contribution in [3.8, 4) is 0 Å². The Morgan fingerprint density at radius 2 is 2.17 bits per heavy atom. The van der Waals surface area contributed by atoms with Crippen LogP contribution in [0.3, 0.4) is 0 Å². The van der Waals surface area contributed by atoms with Crippen molar-refractivity contribution in [3.05, 3.63) is 53.6 Å². The van der Waals surface area contributed by atoms with Gasteiger partial charge in [-0.05, 0) is 30.9 Å². The van der Waals surface area contributed by atoms with Crippen LogP contribution in [0.1, 0.15) is 29.8 Å². The van der Waals surface area contributed by atoms with Crippen molar-refractivity contribution in [2.45, 2.75) is 38.9 Å². The van der Waals surface area contributed by atoms with Gasteiger partial charge in [-0.2, -0.15) is 0 Å². The van der Waals surface area contributed by atoms with E-state index in [-0.39, 0.29) is 0 Å². The van der Waals surface area contributed by atoms with Crippen LogP contribution in [0.15, 0.2) is 36.7 Å². The van der Waals surface area contributed by atoms with Crippen LogP contribution < -0.4 is 5.32 Å². The number of rotatable bonds is 5. The molecular weight excluding hydrogens is 222 g/mol. The minimum atomic E-state index is 0.730. The lowest BCUT2D eigenvalue weighted by molar-refractivity contribution is 0.618. The second kappa shape index (κ2) is 4.94. The molecule has 1 heterocycles. The molecule has 0 aliphatic heterocycles. The van der Waals surface area contributed by atoms with Crippen molar-refractivity contribution >= 4 is 0 Å². The van der Waals surface area contributed by atoms with Gasteiger partial charge in [-0.1, -0.05) is 24.3 Å². The maximum Gasteiger partial charge on any atom is 0.122 e. The smallest absolute Gasteiger partial charge is 0.122 e. The van der Waals surface area contributed by atoms with Gasteiger partial charge in [-0.25, -0.2) is 4.98 Å². The molecule has 1 aromatic heterocycles. The molecule has 0 amide bonds. The normalized spacial score (nSPS) is 14.9. The monoisotopic (exact) mass is 241 g/mol. The first-order chi connectivity index (χ1) is 8.83. The number of hydrogen-bond acceptors (Lipinski definition) is 2. The molecule has 0 bridgehead atoms. The summed E-state index contributed by atoms with van der Waals surface area (Å²) in [4.78, 5) is 4.44. The number of benzene rings is 1. The Hall–Kier alpha value is -1.61. The Labute approximate surface area is 108 Å². The highest BCUT2D eigenvalue weighted by molar-refractivity contribution is 5.26. The van der Waals surface area contributed by atoms with Crippen LogP contribution in [0.4, 0.5) is 0 Å². The van der Waals surface area contributed by atoms with Crippen molar-refractivity contribution in [3.63, 3.8) is 0 Å². The molecule has 1 N–H and O–H groups in total. The Bertz CT molecular complexity index is 526. The average Bonchev–Trinajstić information content (AvgIpc) is 3.10. The minimum absolute atomic E-state index is 0.730. The summed E-state index contributed by atoms with van der Waals surface area (Å²) >= 11 is 0. The molecule has 0 atom stereocenters. The Morgan fingerprint density at radius 1 is 1.33 bits per heavy atom. The lowest BCUT2D eigenvalue weighted by atomic mass is 10.1. The van der Waals surface area contributed by atoms with E-state index in [4.69, 9.17) is 0 Å². The topological polar surface area (TPSA) is 29.9 Å². The largest absolute Gasteiger partial charge is 0.329 e. The second-order valence-electron chi connectivity index (χ2n) is 5.05. The van der Waals surface area contributed by atoms with Crippen LogP contribution >= 0.6 is 0 Å². The fourth-order valence-corrected chi connectivity index (χ4v) is 2.15. The van der Waals surface area contributed by atoms with Gasteiger partial charge in [-0.15, -0.1) is 0 Å². The number of aromatic nitrogens is 2. The zero-order valence-electron chi connectivity index (χ0n) is 10.8. The van der Waals surface area contributed by atoms with Crippen molar-refractivity contribution in [2.75, 3.05) is 0 Å². The van der Waals surface area contributed by atoms with E-state index in [1.807, 2.05) is 6.20 Å². The van der Waals surface area contributed by atoms with E-state index in [2.05, 4.69) is 52.3 Å². The summed E-state index contributed by atoms with van der Waals surface area (Å²) in [5.74, 6) is 1.13. The lowest BCUT2D eigenvalue weighted by Gasteiger charge is -2.10. The Morgan fingerprint density at radius 3 is 2.94 bits per heavy atom. The quantitative estimate of drug-likeness (QED) is 0.871. The third-order valence-electron chi connectivity index (χ3n) is 3.53. The molecule has 1 saturated carbocycles. The third-order valence-corrected chi connectivity index (χ3v) is 3.53. The van der Waals surface area contributed by atoms with Gasteiger partial charge in [-0.3, -0.25) is 0 Å². The Balaban J connectivity index is 1.71. The number of hydrogen-bond donors (Lipinski definition) is 1. The van der Waals surface area contributed by atoms with Gasteiger partial charge >= 0.3 is 0 Å². The summed E-state index contributed by atoms with van der Waals surface area (Å²) in [7, 11) is 0. The molecule has 1 aliphatic rings. The van der Waals surface area contributed by atoms with E-state index in [0.29, 0.717) is 0 Å². The van der Waals surface area contributed by atoms with Gasteiger partial charge < -0.3 is 9.88 Å². The highest BCUT2D eigenvalue weighted by Crippen LogP contribution is 2.19. The Kier molecular flexibility index (Phi) is 3.15. The molecule has 3 nitrogen and oxygen atoms in total. The van der Waals surface area contributed by atoms with Crippen LogP contribution in [0.25, 0.3) is 0 Å². The van der Waals surface area contributed by atoms with E-state index in [1.165, 1.54) is 24.0 Å². The van der Waals surface area contributed by atoms with E-state index in [9.17, 15) is 0 Å². The molecule has 0 radical (unpaired) electrons. The molecule has 0 spiro atoms. The van der Waals surface area contributed by atoms with Crippen LogP contribution in [0, 0.1) is 6.92 Å². The first-order valence-corrected chi connectivity index (χ1v) is 6.61. The molecule has 3 rings (SSSR count). The van der Waals surface area contributed by atoms with Gasteiger partial charge in [0.05, 0.1) is 6.54 Å². The van der Waals surface area contributed by atoms with Gasteiger partial charge in [0.1, 0.15) is 5.82 Å². The number of aryl methyl sites for hydroxylation is 1. The standard InChI is InChI=1S/C15H19N3/c1-12-4-2-3-5-13(12)11-18-9-8-16-15(18)10-17-14-6-7-14/h2-5,8-9,14,17H,6-7,10-11H2,1H3. The molecule has 0 saturated heterocycles. The van der Waals surface area contributed by atoms with Gasteiger partial charge in [0, 0.05) is 25.0 Å². The predicted octanol–water partition coefficient (Wildman–Crippen LogP) is 2.49. The summed E-state index contributed by atoms with van der Waals surface area (Å²) in [5.41, 5.74) is 2.70. The van der Waals surface area contributed by atoms with Gasteiger partial charge in [0.2, 0.25) is 0 Å². The fraction of sp³-hybridized carbons (Fsp3) is 0.400. The van der Waals surface area contributed by atoms with E-state index in [1.54, 1.807) is 0 Å². The van der Waals surface area contributed by atoms with E-state index >= 15 is 0 Å². The minimum Gasteiger partial charge on any atom is -0.329 e. The number of nitrogens with one attached hydrogen (secondary N) is 1. The summed E-state index contributed by atoms with van der Waals surface area (Å²) in [5, 5.41) is 3.52. The van der Waals surface area contributed by atoms with Crippen molar-refractivity contribution in [1.82, 2.24) is 14.9 Å². The number of nitrogens with zero attached hydrogens (tertiary/aromatic N) is 2. The van der Waals surface area contributed by atoms with Crippen LogP contribution in [-0.4, -0.2) is 15.6 Å². The maximum absolute atomic E-state index is 4.44. The molecular formula is C15H19N3. The maximum atomic E-state index is 4.44. The first-order valence-electron chi connectivity index (χ1n) is 6.61. The summed E-state index contributed by atoms with van der Waals surface area (Å²) < 4.78 is 2.23. The SMILES string of the molecule is Cc1ccccc1Cn1ccnc1CNC1CC1. The second-order valence-corrected chi connectivity index (χ2v) is 5.05. The molecule has 1 fully saturated rings. The molecule has 0 unspecified atom stereocenters. The van der Waals surface area contributed by atoms with Crippen LogP contribution in [0.5, 0.6) is 0 Å². The van der Waals surface area contributed by atoms with Crippen LogP contribution in [0.2, 0.25) is 0 Å². The summed E-state index contributed by atoms with van der Waals surface area (Å²) in [6.07, 6.45) is 6.59. The van der Waals surface area contributed by atoms with Crippen molar-refractivity contribution in [1.29, 1.82) is 0 Å². The predicted molar refractivity (Wildman–Crippen MR) is 72.4 cm³/mol. The molecule has 2 aromatic rings. The zero-order chi connectivity index (χ0) is 12.4. The highest BCUT2D eigenvalue weighted by Gasteiger charge is 2.20. The van der Waals surface area contributed by atoms with E-state index < -0.39 is 0 Å². The first kappa shape index (κ1) is 11.5. The zero-order valence-corrected chi connectivity index (χ0v) is 10.8.